The molecule has 0 aliphatic carbocycles. The van der Waals surface area contributed by atoms with E-state index in [1.165, 1.54) is 28.2 Å². The summed E-state index contributed by atoms with van der Waals surface area (Å²) in [4.78, 5) is 37.8. The summed E-state index contributed by atoms with van der Waals surface area (Å²) in [7, 11) is 0. The normalized spacial score (nSPS) is 25.8. The summed E-state index contributed by atoms with van der Waals surface area (Å²) in [5, 5.41) is 25.1. The molecule has 1 fully saturated rings. The van der Waals surface area contributed by atoms with E-state index in [2.05, 4.69) is 10.3 Å². The molecule has 3 heterocycles. The zero-order valence-electron chi connectivity index (χ0n) is 13.7. The number of aromatic amines is 1. The SMILES string of the molecule is O=C(Cc1cccs1)N[C@@H]1CO[C@H](Cn2ccc(=O)[nH]c2=O)[C@@H](O)[C@H]1O. The van der Waals surface area contributed by atoms with Crippen LogP contribution in [0.4, 0.5) is 0 Å². The molecule has 2 aromatic rings. The van der Waals surface area contributed by atoms with E-state index in [0.717, 1.165) is 4.88 Å². The molecule has 0 aromatic carbocycles. The highest BCUT2D eigenvalue weighted by Crippen LogP contribution is 2.17. The maximum absolute atomic E-state index is 12.0. The first-order chi connectivity index (χ1) is 12.4. The molecule has 0 radical (unpaired) electrons. The zero-order chi connectivity index (χ0) is 18.7. The number of aromatic nitrogens is 2. The van der Waals surface area contributed by atoms with Crippen LogP contribution in [0.25, 0.3) is 0 Å². The number of ether oxygens (including phenoxy) is 1. The van der Waals surface area contributed by atoms with Gasteiger partial charge in [-0.2, -0.15) is 0 Å². The smallest absolute Gasteiger partial charge is 0.328 e. The van der Waals surface area contributed by atoms with Gasteiger partial charge in [-0.1, -0.05) is 6.07 Å². The second kappa shape index (κ2) is 7.96. The van der Waals surface area contributed by atoms with Gasteiger partial charge in [-0.15, -0.1) is 11.3 Å². The largest absolute Gasteiger partial charge is 0.388 e. The number of nitrogens with one attached hydrogen (secondary N) is 2. The Labute approximate surface area is 151 Å². The minimum Gasteiger partial charge on any atom is -0.388 e. The number of thiophene rings is 1. The molecule has 0 spiro atoms. The molecule has 0 unspecified atom stereocenters. The quantitative estimate of drug-likeness (QED) is 0.495. The van der Waals surface area contributed by atoms with Gasteiger partial charge in [-0.25, -0.2) is 4.79 Å². The minimum atomic E-state index is -1.30. The Morgan fingerprint density at radius 2 is 2.15 bits per heavy atom. The van der Waals surface area contributed by atoms with E-state index in [-0.39, 0.29) is 25.5 Å². The lowest BCUT2D eigenvalue weighted by Gasteiger charge is -2.38. The van der Waals surface area contributed by atoms with Gasteiger partial charge in [0.2, 0.25) is 5.91 Å². The van der Waals surface area contributed by atoms with Crippen molar-refractivity contribution >= 4 is 17.2 Å². The Morgan fingerprint density at radius 1 is 1.35 bits per heavy atom. The van der Waals surface area contributed by atoms with Crippen molar-refractivity contribution in [3.05, 3.63) is 55.5 Å². The molecule has 4 N–H and O–H groups in total. The highest BCUT2D eigenvalue weighted by molar-refractivity contribution is 7.10. The van der Waals surface area contributed by atoms with Gasteiger partial charge in [0.25, 0.3) is 5.56 Å². The van der Waals surface area contributed by atoms with Gasteiger partial charge in [-0.05, 0) is 11.4 Å². The molecule has 1 aliphatic heterocycles. The molecular formula is C16H19N3O6S. The Bertz CT molecular complexity index is 861. The summed E-state index contributed by atoms with van der Waals surface area (Å²) in [6.45, 7) is -0.0408. The molecule has 10 heteroatoms. The number of amides is 1. The fourth-order valence-corrected chi connectivity index (χ4v) is 3.48. The van der Waals surface area contributed by atoms with Crippen LogP contribution in [-0.4, -0.2) is 56.6 Å². The zero-order valence-corrected chi connectivity index (χ0v) is 14.5. The number of hydrogen-bond donors (Lipinski definition) is 4. The first kappa shape index (κ1) is 18.5. The van der Waals surface area contributed by atoms with Gasteiger partial charge >= 0.3 is 5.69 Å². The Morgan fingerprint density at radius 3 is 2.85 bits per heavy atom. The van der Waals surface area contributed by atoms with Crippen molar-refractivity contribution in [1.29, 1.82) is 0 Å². The van der Waals surface area contributed by atoms with E-state index in [1.807, 2.05) is 17.5 Å². The number of carbonyl (C=O) groups excluding carboxylic acids is 1. The van der Waals surface area contributed by atoms with Crippen LogP contribution in [0, 0.1) is 0 Å². The standard InChI is InChI=1S/C16H19N3O6S/c20-12-3-4-19(16(24)18-12)7-11-15(23)14(22)10(8-25-11)17-13(21)6-9-2-1-5-26-9/h1-5,10-11,14-15,22-23H,6-8H2,(H,17,21)(H,18,20,24)/t10-,11-,14+,15-/m1/s1. The highest BCUT2D eigenvalue weighted by atomic mass is 32.1. The van der Waals surface area contributed by atoms with Gasteiger partial charge < -0.3 is 20.3 Å². The van der Waals surface area contributed by atoms with Crippen molar-refractivity contribution in [1.82, 2.24) is 14.9 Å². The van der Waals surface area contributed by atoms with Crippen molar-refractivity contribution < 1.29 is 19.7 Å². The first-order valence-electron chi connectivity index (χ1n) is 8.03. The van der Waals surface area contributed by atoms with Crippen LogP contribution in [0.5, 0.6) is 0 Å². The maximum atomic E-state index is 12.0. The Balaban J connectivity index is 1.59. The van der Waals surface area contributed by atoms with Crippen molar-refractivity contribution in [2.24, 2.45) is 0 Å². The third-order valence-electron chi connectivity index (χ3n) is 4.17. The maximum Gasteiger partial charge on any atom is 0.328 e. The second-order valence-corrected chi connectivity index (χ2v) is 7.08. The van der Waals surface area contributed by atoms with Crippen LogP contribution in [0.1, 0.15) is 4.88 Å². The summed E-state index contributed by atoms with van der Waals surface area (Å²) in [6.07, 6.45) is -1.90. The van der Waals surface area contributed by atoms with Crippen LogP contribution in [-0.2, 0) is 22.5 Å². The van der Waals surface area contributed by atoms with Gasteiger partial charge in [0.1, 0.15) is 18.3 Å². The van der Waals surface area contributed by atoms with Crippen molar-refractivity contribution in [2.75, 3.05) is 6.61 Å². The van der Waals surface area contributed by atoms with Crippen molar-refractivity contribution in [2.45, 2.75) is 37.3 Å². The first-order valence-corrected chi connectivity index (χ1v) is 8.91. The lowest BCUT2D eigenvalue weighted by atomic mass is 9.97. The fraction of sp³-hybridized carbons (Fsp3) is 0.438. The minimum absolute atomic E-state index is 0.00280. The number of aliphatic hydroxyl groups excluding tert-OH is 2. The summed E-state index contributed by atoms with van der Waals surface area (Å²) in [6, 6.07) is 4.12. The Kier molecular flexibility index (Phi) is 5.67. The number of rotatable bonds is 5. The third kappa shape index (κ3) is 4.28. The average Bonchev–Trinajstić information content (AvgIpc) is 3.09. The van der Waals surface area contributed by atoms with E-state index in [4.69, 9.17) is 4.74 Å². The van der Waals surface area contributed by atoms with Gasteiger partial charge in [-0.3, -0.25) is 19.1 Å². The average molecular weight is 381 g/mol. The fourth-order valence-electron chi connectivity index (χ4n) is 2.78. The molecular weight excluding hydrogens is 362 g/mol. The molecule has 2 aromatic heterocycles. The number of nitrogens with zero attached hydrogens (tertiary/aromatic N) is 1. The second-order valence-electron chi connectivity index (χ2n) is 6.05. The van der Waals surface area contributed by atoms with Gasteiger partial charge in [0, 0.05) is 17.1 Å². The van der Waals surface area contributed by atoms with Crippen LogP contribution < -0.4 is 16.6 Å². The molecule has 1 aliphatic rings. The third-order valence-corrected chi connectivity index (χ3v) is 5.04. The molecule has 1 amide bonds. The van der Waals surface area contributed by atoms with E-state index >= 15 is 0 Å². The summed E-state index contributed by atoms with van der Waals surface area (Å²) in [5.41, 5.74) is -1.15. The molecule has 0 bridgehead atoms. The van der Waals surface area contributed by atoms with Crippen LogP contribution in [0.15, 0.2) is 39.4 Å². The summed E-state index contributed by atoms with van der Waals surface area (Å²) < 4.78 is 6.70. The number of hydrogen-bond acceptors (Lipinski definition) is 7. The summed E-state index contributed by atoms with van der Waals surface area (Å²) in [5.74, 6) is -0.275. The van der Waals surface area contributed by atoms with Crippen molar-refractivity contribution in [3.8, 4) is 0 Å². The molecule has 140 valence electrons. The van der Waals surface area contributed by atoms with E-state index < -0.39 is 35.6 Å². The van der Waals surface area contributed by atoms with Crippen LogP contribution >= 0.6 is 11.3 Å². The van der Waals surface area contributed by atoms with Crippen LogP contribution in [0.2, 0.25) is 0 Å². The van der Waals surface area contributed by atoms with E-state index in [0.29, 0.717) is 0 Å². The van der Waals surface area contributed by atoms with Gasteiger partial charge in [0.05, 0.1) is 25.6 Å². The highest BCUT2D eigenvalue weighted by Gasteiger charge is 2.39. The molecule has 3 rings (SSSR count). The summed E-state index contributed by atoms with van der Waals surface area (Å²) >= 11 is 1.46. The lowest BCUT2D eigenvalue weighted by Crippen LogP contribution is -2.60. The van der Waals surface area contributed by atoms with E-state index in [1.54, 1.807) is 0 Å². The molecule has 1 saturated heterocycles. The number of aliphatic hydroxyl groups is 2. The van der Waals surface area contributed by atoms with Crippen LogP contribution in [0.3, 0.4) is 0 Å². The lowest BCUT2D eigenvalue weighted by molar-refractivity contribution is -0.158. The predicted molar refractivity (Wildman–Crippen MR) is 93.0 cm³/mol. The number of carbonyl (C=O) groups is 1. The monoisotopic (exact) mass is 381 g/mol. The predicted octanol–water partition coefficient (Wildman–Crippen LogP) is -1.55. The molecule has 26 heavy (non-hydrogen) atoms. The number of H-pyrrole nitrogens is 1. The Hall–Kier alpha value is -2.27. The van der Waals surface area contributed by atoms with Crippen molar-refractivity contribution in [3.63, 3.8) is 0 Å². The molecule has 4 atom stereocenters. The van der Waals surface area contributed by atoms with Gasteiger partial charge in [0.15, 0.2) is 0 Å². The van der Waals surface area contributed by atoms with E-state index in [9.17, 15) is 24.6 Å². The molecule has 0 saturated carbocycles. The molecule has 9 nitrogen and oxygen atoms in total. The topological polar surface area (TPSA) is 134 Å².